The third-order valence-corrected chi connectivity index (χ3v) is 3.85. The van der Waals surface area contributed by atoms with Crippen LogP contribution < -0.4 is 14.2 Å². The Morgan fingerprint density at radius 2 is 1.74 bits per heavy atom. The van der Waals surface area contributed by atoms with Crippen molar-refractivity contribution in [2.24, 2.45) is 5.41 Å². The first-order chi connectivity index (χ1) is 10.9. The van der Waals surface area contributed by atoms with Crippen LogP contribution in [-0.2, 0) is 9.53 Å². The summed E-state index contributed by atoms with van der Waals surface area (Å²) in [5.41, 5.74) is -0.419. The summed E-state index contributed by atoms with van der Waals surface area (Å²) >= 11 is 0. The van der Waals surface area contributed by atoms with Gasteiger partial charge in [0.1, 0.15) is 6.61 Å². The van der Waals surface area contributed by atoms with Gasteiger partial charge in [-0.05, 0) is 31.6 Å². The van der Waals surface area contributed by atoms with Gasteiger partial charge in [-0.15, -0.1) is 0 Å². The van der Waals surface area contributed by atoms with Gasteiger partial charge in [0.15, 0.2) is 17.3 Å². The Hall–Kier alpha value is -2.50. The second-order valence-electron chi connectivity index (χ2n) is 5.52. The van der Waals surface area contributed by atoms with E-state index in [2.05, 4.69) is 0 Å². The molecule has 1 aromatic carbocycles. The monoisotopic (exact) mass is 320 g/mol. The van der Waals surface area contributed by atoms with E-state index in [-0.39, 0.29) is 18.0 Å². The first-order valence-electron chi connectivity index (χ1n) is 7.13. The average Bonchev–Trinajstić information content (AvgIpc) is 2.90. The second-order valence-corrected chi connectivity index (χ2v) is 5.52. The van der Waals surface area contributed by atoms with Gasteiger partial charge in [0.25, 0.3) is 0 Å². The van der Waals surface area contributed by atoms with Crippen molar-refractivity contribution in [2.75, 3.05) is 27.9 Å². The maximum absolute atomic E-state index is 12.3. The van der Waals surface area contributed by atoms with Gasteiger partial charge < -0.3 is 18.9 Å². The van der Waals surface area contributed by atoms with E-state index in [0.29, 0.717) is 23.7 Å². The molecule has 0 bridgehead atoms. The Balaban J connectivity index is 2.18. The fourth-order valence-corrected chi connectivity index (χ4v) is 2.37. The fraction of sp³-hybridized carbons (Fsp3) is 0.412. The maximum Gasteiger partial charge on any atom is 0.338 e. The molecular formula is C17H20O6. The molecule has 0 fully saturated rings. The van der Waals surface area contributed by atoms with E-state index in [1.807, 2.05) is 0 Å². The fourth-order valence-electron chi connectivity index (χ4n) is 2.37. The molecule has 6 nitrogen and oxygen atoms in total. The number of hydrogen-bond acceptors (Lipinski definition) is 6. The smallest absolute Gasteiger partial charge is 0.338 e. The van der Waals surface area contributed by atoms with Crippen molar-refractivity contribution in [3.63, 3.8) is 0 Å². The van der Waals surface area contributed by atoms with Crippen molar-refractivity contribution >= 4 is 11.8 Å². The second kappa shape index (κ2) is 6.73. The van der Waals surface area contributed by atoms with Crippen LogP contribution in [0.2, 0.25) is 0 Å². The molecule has 124 valence electrons. The van der Waals surface area contributed by atoms with E-state index in [4.69, 9.17) is 18.9 Å². The molecule has 23 heavy (non-hydrogen) atoms. The van der Waals surface area contributed by atoms with Gasteiger partial charge in [0.2, 0.25) is 5.75 Å². The highest BCUT2D eigenvalue weighted by Crippen LogP contribution is 2.38. The van der Waals surface area contributed by atoms with E-state index in [1.165, 1.54) is 39.5 Å². The van der Waals surface area contributed by atoms with Crippen molar-refractivity contribution in [3.05, 3.63) is 29.8 Å². The van der Waals surface area contributed by atoms with Crippen molar-refractivity contribution in [2.45, 2.75) is 13.3 Å². The number of ether oxygens (including phenoxy) is 4. The topological polar surface area (TPSA) is 71.1 Å². The van der Waals surface area contributed by atoms with E-state index in [0.717, 1.165) is 0 Å². The lowest BCUT2D eigenvalue weighted by molar-refractivity contribution is -0.123. The Morgan fingerprint density at radius 1 is 1.13 bits per heavy atom. The number of carbonyl (C=O) groups excluding carboxylic acids is 2. The molecule has 2 rings (SSSR count). The highest BCUT2D eigenvalue weighted by Gasteiger charge is 2.35. The number of carbonyl (C=O) groups is 2. The minimum atomic E-state index is -0.684. The molecule has 1 aromatic rings. The minimum absolute atomic E-state index is 0.0221. The summed E-state index contributed by atoms with van der Waals surface area (Å²) in [5, 5.41) is 0. The normalized spacial score (nSPS) is 19.6. The van der Waals surface area contributed by atoms with Crippen molar-refractivity contribution in [3.8, 4) is 17.2 Å². The van der Waals surface area contributed by atoms with Gasteiger partial charge in [-0.2, -0.15) is 0 Å². The number of allylic oxidation sites excluding steroid dienone is 2. The van der Waals surface area contributed by atoms with Gasteiger partial charge in [0.05, 0.1) is 32.3 Å². The molecule has 0 heterocycles. The Morgan fingerprint density at radius 3 is 2.17 bits per heavy atom. The van der Waals surface area contributed by atoms with Crippen LogP contribution in [-0.4, -0.2) is 39.7 Å². The molecule has 0 saturated carbocycles. The number of hydrogen-bond donors (Lipinski definition) is 0. The lowest BCUT2D eigenvalue weighted by atomic mass is 9.88. The summed E-state index contributed by atoms with van der Waals surface area (Å²) in [5.74, 6) is 0.543. The Bertz CT molecular complexity index is 623. The van der Waals surface area contributed by atoms with Gasteiger partial charge >= 0.3 is 5.97 Å². The van der Waals surface area contributed by atoms with Crippen LogP contribution in [0.5, 0.6) is 17.2 Å². The van der Waals surface area contributed by atoms with Crippen LogP contribution >= 0.6 is 0 Å². The number of benzene rings is 1. The SMILES string of the molecule is COc1cc(C(=O)OCC2(C)CC=CC2=O)cc(OC)c1OC. The van der Waals surface area contributed by atoms with Gasteiger partial charge in [-0.25, -0.2) is 4.79 Å². The van der Waals surface area contributed by atoms with E-state index in [9.17, 15) is 9.59 Å². The zero-order valence-corrected chi connectivity index (χ0v) is 13.7. The molecule has 6 heteroatoms. The Labute approximate surface area is 135 Å². The molecule has 1 atom stereocenters. The zero-order valence-electron chi connectivity index (χ0n) is 13.7. The first kappa shape index (κ1) is 16.9. The summed E-state index contributed by atoms with van der Waals surface area (Å²) in [6.07, 6.45) is 3.87. The Kier molecular flexibility index (Phi) is 4.93. The lowest BCUT2D eigenvalue weighted by Crippen LogP contribution is -2.29. The molecule has 0 aliphatic heterocycles. The predicted molar refractivity (Wildman–Crippen MR) is 83.3 cm³/mol. The molecule has 0 radical (unpaired) electrons. The van der Waals surface area contributed by atoms with Gasteiger partial charge in [-0.3, -0.25) is 4.79 Å². The summed E-state index contributed by atoms with van der Waals surface area (Å²) < 4.78 is 20.9. The van der Waals surface area contributed by atoms with Crippen LogP contribution in [0.1, 0.15) is 23.7 Å². The van der Waals surface area contributed by atoms with Crippen molar-refractivity contribution < 1.29 is 28.5 Å². The number of ketones is 1. The molecule has 0 N–H and O–H groups in total. The highest BCUT2D eigenvalue weighted by molar-refractivity contribution is 5.97. The van der Waals surface area contributed by atoms with Crippen molar-refractivity contribution in [1.82, 2.24) is 0 Å². The van der Waals surface area contributed by atoms with Crippen LogP contribution in [0.4, 0.5) is 0 Å². The number of methoxy groups -OCH3 is 3. The summed E-state index contributed by atoms with van der Waals surface area (Å²) in [4.78, 5) is 24.1. The number of rotatable bonds is 6. The quantitative estimate of drug-likeness (QED) is 0.750. The lowest BCUT2D eigenvalue weighted by Gasteiger charge is -2.21. The standard InChI is InChI=1S/C17H20O6/c1-17(7-5-6-14(17)18)10-23-16(19)11-8-12(20-2)15(22-4)13(9-11)21-3/h5-6,8-9H,7,10H2,1-4H3. The average molecular weight is 320 g/mol. The molecule has 1 unspecified atom stereocenters. The molecule has 1 aliphatic rings. The number of esters is 1. The minimum Gasteiger partial charge on any atom is -0.493 e. The van der Waals surface area contributed by atoms with E-state index < -0.39 is 11.4 Å². The summed E-state index contributed by atoms with van der Waals surface area (Å²) in [6, 6.07) is 3.03. The molecule has 0 aromatic heterocycles. The van der Waals surface area contributed by atoms with Crippen LogP contribution in [0.25, 0.3) is 0 Å². The summed E-state index contributed by atoms with van der Waals surface area (Å²) in [6.45, 7) is 1.80. The third kappa shape index (κ3) is 3.31. The maximum atomic E-state index is 12.3. The molecule has 1 aliphatic carbocycles. The van der Waals surface area contributed by atoms with Crippen LogP contribution in [0, 0.1) is 5.41 Å². The predicted octanol–water partition coefficient (Wildman–Crippen LogP) is 2.40. The molecular weight excluding hydrogens is 300 g/mol. The molecule has 0 saturated heterocycles. The largest absolute Gasteiger partial charge is 0.493 e. The highest BCUT2D eigenvalue weighted by atomic mass is 16.5. The van der Waals surface area contributed by atoms with Gasteiger partial charge in [-0.1, -0.05) is 6.08 Å². The van der Waals surface area contributed by atoms with Gasteiger partial charge in [0, 0.05) is 0 Å². The van der Waals surface area contributed by atoms with Crippen LogP contribution in [0.15, 0.2) is 24.3 Å². The first-order valence-corrected chi connectivity index (χ1v) is 7.13. The van der Waals surface area contributed by atoms with Crippen molar-refractivity contribution in [1.29, 1.82) is 0 Å². The molecule has 0 spiro atoms. The molecule has 0 amide bonds. The van der Waals surface area contributed by atoms with E-state index in [1.54, 1.807) is 13.0 Å². The van der Waals surface area contributed by atoms with E-state index >= 15 is 0 Å². The zero-order chi connectivity index (χ0) is 17.0. The van der Waals surface area contributed by atoms with Crippen LogP contribution in [0.3, 0.4) is 0 Å². The summed E-state index contributed by atoms with van der Waals surface area (Å²) in [7, 11) is 4.42. The third-order valence-electron chi connectivity index (χ3n) is 3.85.